The predicted octanol–water partition coefficient (Wildman–Crippen LogP) is 2.21. The fourth-order valence-electron chi connectivity index (χ4n) is 1.36. The van der Waals surface area contributed by atoms with E-state index in [0.29, 0.717) is 16.6 Å². The van der Waals surface area contributed by atoms with Gasteiger partial charge in [-0.25, -0.2) is 0 Å². The van der Waals surface area contributed by atoms with Crippen LogP contribution in [0.5, 0.6) is 0 Å². The van der Waals surface area contributed by atoms with Crippen LogP contribution in [-0.4, -0.2) is 30.4 Å². The van der Waals surface area contributed by atoms with Gasteiger partial charge < -0.3 is 9.47 Å². The highest BCUT2D eigenvalue weighted by molar-refractivity contribution is 14.1. The average molecular weight is 283 g/mol. The van der Waals surface area contributed by atoms with E-state index in [1.54, 1.807) is 7.11 Å². The Hall–Kier alpha value is 0.650. The Bertz CT molecular complexity index is 119. The van der Waals surface area contributed by atoms with Crippen molar-refractivity contribution in [3.8, 4) is 0 Å². The van der Waals surface area contributed by atoms with Crippen LogP contribution in [0, 0.1) is 6.42 Å². The summed E-state index contributed by atoms with van der Waals surface area (Å²) in [5.41, 5.74) is 0. The Kier molecular flexibility index (Phi) is 5.50. The number of hydrogen-bond donors (Lipinski definition) is 0. The van der Waals surface area contributed by atoms with Crippen molar-refractivity contribution in [1.29, 1.82) is 0 Å². The molecule has 0 amide bonds. The van der Waals surface area contributed by atoms with Gasteiger partial charge in [-0.1, -0.05) is 22.6 Å². The first kappa shape index (κ1) is 10.7. The smallest absolute Gasteiger partial charge is 0.0704 e. The van der Waals surface area contributed by atoms with Gasteiger partial charge in [0.15, 0.2) is 0 Å². The van der Waals surface area contributed by atoms with Crippen LogP contribution in [0.25, 0.3) is 0 Å². The van der Waals surface area contributed by atoms with Gasteiger partial charge in [0, 0.05) is 11.0 Å². The summed E-state index contributed by atoms with van der Waals surface area (Å²) in [5.74, 6) is 0. The van der Waals surface area contributed by atoms with Crippen LogP contribution in [0.1, 0.15) is 19.3 Å². The predicted molar refractivity (Wildman–Crippen MR) is 57.6 cm³/mol. The number of rotatable bonds is 4. The molecule has 2 nitrogen and oxygen atoms in total. The van der Waals surface area contributed by atoms with Gasteiger partial charge in [0.25, 0.3) is 0 Å². The third-order valence-electron chi connectivity index (χ3n) is 2.07. The van der Waals surface area contributed by atoms with Crippen LogP contribution in [0.3, 0.4) is 0 Å². The van der Waals surface area contributed by atoms with Crippen molar-refractivity contribution < 1.29 is 9.47 Å². The van der Waals surface area contributed by atoms with Crippen molar-refractivity contribution >= 4 is 22.6 Å². The number of alkyl halides is 1. The average Bonchev–Trinajstić information content (AvgIpc) is 2.09. The summed E-state index contributed by atoms with van der Waals surface area (Å²) in [7, 11) is 1.71. The minimum atomic E-state index is 0.450. The molecule has 1 rings (SSSR count). The third kappa shape index (κ3) is 3.58. The van der Waals surface area contributed by atoms with Crippen LogP contribution < -0.4 is 0 Å². The Morgan fingerprint density at radius 3 is 3.00 bits per heavy atom. The Morgan fingerprint density at radius 2 is 2.33 bits per heavy atom. The maximum Gasteiger partial charge on any atom is 0.0704 e. The molecule has 0 saturated heterocycles. The molecule has 0 bridgehead atoms. The molecule has 0 aromatic rings. The monoisotopic (exact) mass is 283 g/mol. The van der Waals surface area contributed by atoms with Gasteiger partial charge in [0.1, 0.15) is 0 Å². The van der Waals surface area contributed by atoms with Crippen LogP contribution in [-0.2, 0) is 9.47 Å². The van der Waals surface area contributed by atoms with Crippen LogP contribution in [0.15, 0.2) is 0 Å². The lowest BCUT2D eigenvalue weighted by Crippen LogP contribution is -2.29. The molecule has 0 heterocycles. The minimum Gasteiger partial charge on any atom is -0.382 e. The zero-order chi connectivity index (χ0) is 8.81. The molecule has 12 heavy (non-hydrogen) atoms. The minimum absolute atomic E-state index is 0.450. The van der Waals surface area contributed by atoms with E-state index in [-0.39, 0.29) is 0 Å². The highest BCUT2D eigenvalue weighted by atomic mass is 127. The lowest BCUT2D eigenvalue weighted by Gasteiger charge is -2.27. The van der Waals surface area contributed by atoms with Gasteiger partial charge in [-0.3, -0.25) is 0 Å². The third-order valence-corrected chi connectivity index (χ3v) is 3.38. The number of ether oxygens (including phenoxy) is 2. The quantitative estimate of drug-likeness (QED) is 0.447. The lowest BCUT2D eigenvalue weighted by atomic mass is 9.98. The summed E-state index contributed by atoms with van der Waals surface area (Å²) in [5, 5.41) is 0. The summed E-state index contributed by atoms with van der Waals surface area (Å²) in [6, 6.07) is 0. The Morgan fingerprint density at radius 1 is 1.50 bits per heavy atom. The Balaban J connectivity index is 2.11. The van der Waals surface area contributed by atoms with Crippen molar-refractivity contribution in [2.24, 2.45) is 0 Å². The second-order valence-electron chi connectivity index (χ2n) is 3.02. The van der Waals surface area contributed by atoms with Gasteiger partial charge in [0.2, 0.25) is 0 Å². The SMILES string of the molecule is COCCO[C@H]1CC[CH]C[C@@H]1I. The fourth-order valence-corrected chi connectivity index (χ4v) is 2.29. The molecule has 0 spiro atoms. The lowest BCUT2D eigenvalue weighted by molar-refractivity contribution is 0.0100. The van der Waals surface area contributed by atoms with E-state index < -0.39 is 0 Å². The maximum atomic E-state index is 5.68. The highest BCUT2D eigenvalue weighted by Crippen LogP contribution is 2.26. The molecule has 1 aliphatic carbocycles. The maximum absolute atomic E-state index is 5.68. The van der Waals surface area contributed by atoms with Gasteiger partial charge in [0.05, 0.1) is 19.3 Å². The van der Waals surface area contributed by atoms with Crippen molar-refractivity contribution in [3.63, 3.8) is 0 Å². The molecule has 71 valence electrons. The number of methoxy groups -OCH3 is 1. The van der Waals surface area contributed by atoms with Gasteiger partial charge in [-0.05, 0) is 25.7 Å². The van der Waals surface area contributed by atoms with Crippen molar-refractivity contribution in [3.05, 3.63) is 6.42 Å². The molecule has 0 unspecified atom stereocenters. The van der Waals surface area contributed by atoms with Crippen molar-refractivity contribution in [2.75, 3.05) is 20.3 Å². The first-order valence-corrected chi connectivity index (χ1v) is 5.65. The molecule has 0 aromatic carbocycles. The first-order chi connectivity index (χ1) is 5.84. The molecular weight excluding hydrogens is 267 g/mol. The van der Waals surface area contributed by atoms with E-state index >= 15 is 0 Å². The number of halogens is 1. The van der Waals surface area contributed by atoms with E-state index in [0.717, 1.165) is 6.61 Å². The Labute approximate surface area is 88.1 Å². The van der Waals surface area contributed by atoms with Crippen LogP contribution in [0.2, 0.25) is 0 Å². The molecule has 0 N–H and O–H groups in total. The van der Waals surface area contributed by atoms with Crippen molar-refractivity contribution in [2.45, 2.75) is 29.3 Å². The summed E-state index contributed by atoms with van der Waals surface area (Å²) in [4.78, 5) is 0. The molecule has 3 heteroatoms. The zero-order valence-corrected chi connectivity index (χ0v) is 9.62. The molecular formula is C9H16IO2. The van der Waals surface area contributed by atoms with Crippen LogP contribution in [0.4, 0.5) is 0 Å². The first-order valence-electron chi connectivity index (χ1n) is 4.41. The second kappa shape index (κ2) is 6.16. The van der Waals surface area contributed by atoms with Gasteiger partial charge in [-0.15, -0.1) is 0 Å². The molecule has 1 aliphatic rings. The molecule has 0 aromatic heterocycles. The van der Waals surface area contributed by atoms with E-state index in [1.807, 2.05) is 0 Å². The highest BCUT2D eigenvalue weighted by Gasteiger charge is 2.22. The molecule has 1 radical (unpaired) electrons. The fraction of sp³-hybridized carbons (Fsp3) is 0.889. The van der Waals surface area contributed by atoms with E-state index in [2.05, 4.69) is 29.0 Å². The van der Waals surface area contributed by atoms with Crippen molar-refractivity contribution in [1.82, 2.24) is 0 Å². The van der Waals surface area contributed by atoms with Gasteiger partial charge >= 0.3 is 0 Å². The molecule has 0 aliphatic heterocycles. The molecule has 1 fully saturated rings. The van der Waals surface area contributed by atoms with E-state index in [4.69, 9.17) is 9.47 Å². The standard InChI is InChI=1S/C9H16IO2/c1-11-6-7-12-9-5-3-2-4-8(9)10/h2,8-9H,3-7H2,1H3/t8-,9-/m0/s1. The number of hydrogen-bond acceptors (Lipinski definition) is 2. The van der Waals surface area contributed by atoms with Crippen LogP contribution >= 0.6 is 22.6 Å². The topological polar surface area (TPSA) is 18.5 Å². The largest absolute Gasteiger partial charge is 0.382 e. The molecule has 2 atom stereocenters. The molecule has 1 saturated carbocycles. The summed E-state index contributed by atoms with van der Waals surface area (Å²) < 4.78 is 11.3. The summed E-state index contributed by atoms with van der Waals surface area (Å²) >= 11 is 2.47. The van der Waals surface area contributed by atoms with E-state index in [9.17, 15) is 0 Å². The normalized spacial score (nSPS) is 30.5. The summed E-state index contributed by atoms with van der Waals surface area (Å²) in [6.07, 6.45) is 6.38. The zero-order valence-electron chi connectivity index (χ0n) is 7.46. The van der Waals surface area contributed by atoms with Gasteiger partial charge in [-0.2, -0.15) is 0 Å². The summed E-state index contributed by atoms with van der Waals surface area (Å²) in [6.45, 7) is 1.45. The second-order valence-corrected chi connectivity index (χ2v) is 4.62. The van der Waals surface area contributed by atoms with E-state index in [1.165, 1.54) is 19.3 Å².